The third kappa shape index (κ3) is 8.54. The molecule has 0 heterocycles. The quantitative estimate of drug-likeness (QED) is 0.534. The predicted octanol–water partition coefficient (Wildman–Crippen LogP) is 4.83. The molecule has 118 valence electrons. The van der Waals surface area contributed by atoms with Crippen molar-refractivity contribution in [2.24, 2.45) is 0 Å². The first kappa shape index (κ1) is 17.7. The Morgan fingerprint density at radius 1 is 0.905 bits per heavy atom. The lowest BCUT2D eigenvalue weighted by atomic mass is 10.1. The Bertz CT molecular complexity index is 374. The summed E-state index contributed by atoms with van der Waals surface area (Å²) in [6.45, 7) is 5.78. The highest BCUT2D eigenvalue weighted by molar-refractivity contribution is 5.73. The van der Waals surface area contributed by atoms with Crippen LogP contribution in [0, 0.1) is 0 Å². The molecule has 0 aliphatic rings. The standard InChI is InChI=1S/C19H31NO/c1-3-4-5-6-11-16-20(18(2)21)17-12-10-15-19-13-8-7-9-14-19/h7-9,13-14H,3-6,10-12,15-17H2,1-2H3. The van der Waals surface area contributed by atoms with Crippen molar-refractivity contribution >= 4 is 5.91 Å². The molecular formula is C19H31NO. The second-order valence-corrected chi connectivity index (χ2v) is 5.86. The van der Waals surface area contributed by atoms with Crippen LogP contribution in [0.3, 0.4) is 0 Å². The normalized spacial score (nSPS) is 10.6. The number of unbranched alkanes of at least 4 members (excludes halogenated alkanes) is 5. The Balaban J connectivity index is 2.14. The van der Waals surface area contributed by atoms with Crippen molar-refractivity contribution in [2.75, 3.05) is 13.1 Å². The summed E-state index contributed by atoms with van der Waals surface area (Å²) in [5.74, 6) is 0.227. The number of aryl methyl sites for hydroxylation is 1. The van der Waals surface area contributed by atoms with Crippen molar-refractivity contribution in [1.29, 1.82) is 0 Å². The smallest absolute Gasteiger partial charge is 0.219 e. The molecule has 0 aliphatic heterocycles. The number of rotatable bonds is 11. The lowest BCUT2D eigenvalue weighted by molar-refractivity contribution is -0.129. The van der Waals surface area contributed by atoms with E-state index >= 15 is 0 Å². The van der Waals surface area contributed by atoms with Gasteiger partial charge in [0.15, 0.2) is 0 Å². The van der Waals surface area contributed by atoms with Crippen LogP contribution in [0.5, 0.6) is 0 Å². The highest BCUT2D eigenvalue weighted by Gasteiger charge is 2.07. The van der Waals surface area contributed by atoms with E-state index in [0.717, 1.165) is 38.8 Å². The van der Waals surface area contributed by atoms with Gasteiger partial charge in [0.1, 0.15) is 0 Å². The second kappa shape index (κ2) is 11.4. The molecule has 0 atom stereocenters. The topological polar surface area (TPSA) is 20.3 Å². The van der Waals surface area contributed by atoms with Crippen molar-refractivity contribution in [3.8, 4) is 0 Å². The van der Waals surface area contributed by atoms with Gasteiger partial charge >= 0.3 is 0 Å². The lowest BCUT2D eigenvalue weighted by Crippen LogP contribution is -2.30. The van der Waals surface area contributed by atoms with Crippen molar-refractivity contribution in [3.63, 3.8) is 0 Å². The van der Waals surface area contributed by atoms with E-state index in [2.05, 4.69) is 37.3 Å². The van der Waals surface area contributed by atoms with Crippen LogP contribution in [-0.2, 0) is 11.2 Å². The van der Waals surface area contributed by atoms with Gasteiger partial charge in [-0.2, -0.15) is 0 Å². The summed E-state index contributed by atoms with van der Waals surface area (Å²) >= 11 is 0. The molecule has 0 aromatic heterocycles. The summed E-state index contributed by atoms with van der Waals surface area (Å²) in [6, 6.07) is 10.6. The van der Waals surface area contributed by atoms with E-state index in [1.807, 2.05) is 4.90 Å². The fourth-order valence-electron chi connectivity index (χ4n) is 2.61. The summed E-state index contributed by atoms with van der Waals surface area (Å²) in [4.78, 5) is 13.7. The van der Waals surface area contributed by atoms with E-state index in [1.165, 1.54) is 31.2 Å². The number of nitrogens with zero attached hydrogens (tertiary/aromatic N) is 1. The largest absolute Gasteiger partial charge is 0.343 e. The molecule has 0 aliphatic carbocycles. The maximum atomic E-state index is 11.7. The van der Waals surface area contributed by atoms with E-state index in [1.54, 1.807) is 6.92 Å². The molecule has 1 aromatic rings. The first-order chi connectivity index (χ1) is 10.2. The molecule has 0 N–H and O–H groups in total. The molecule has 0 spiro atoms. The number of carbonyl (C=O) groups is 1. The van der Waals surface area contributed by atoms with Crippen LogP contribution in [0.15, 0.2) is 30.3 Å². The molecule has 21 heavy (non-hydrogen) atoms. The minimum atomic E-state index is 0.227. The average Bonchev–Trinajstić information content (AvgIpc) is 2.50. The Kier molecular flexibility index (Phi) is 9.60. The predicted molar refractivity (Wildman–Crippen MR) is 90.4 cm³/mol. The van der Waals surface area contributed by atoms with Crippen LogP contribution in [0.2, 0.25) is 0 Å². The van der Waals surface area contributed by atoms with Gasteiger partial charge in [0.25, 0.3) is 0 Å². The monoisotopic (exact) mass is 289 g/mol. The molecule has 1 rings (SSSR count). The van der Waals surface area contributed by atoms with Crippen LogP contribution in [0.1, 0.15) is 64.4 Å². The molecule has 1 aromatic carbocycles. The SMILES string of the molecule is CCCCCCCN(CCCCc1ccccc1)C(C)=O. The fraction of sp³-hybridized carbons (Fsp3) is 0.632. The van der Waals surface area contributed by atoms with Crippen molar-refractivity contribution in [2.45, 2.75) is 65.2 Å². The van der Waals surface area contributed by atoms with Crippen molar-refractivity contribution < 1.29 is 4.79 Å². The zero-order valence-electron chi connectivity index (χ0n) is 13.8. The molecule has 2 nitrogen and oxygen atoms in total. The van der Waals surface area contributed by atoms with E-state index in [-0.39, 0.29) is 5.91 Å². The molecule has 1 amide bonds. The van der Waals surface area contributed by atoms with Gasteiger partial charge in [0.05, 0.1) is 0 Å². The highest BCUT2D eigenvalue weighted by atomic mass is 16.2. The maximum Gasteiger partial charge on any atom is 0.219 e. The summed E-state index contributed by atoms with van der Waals surface area (Å²) in [7, 11) is 0. The molecule has 0 bridgehead atoms. The van der Waals surface area contributed by atoms with Gasteiger partial charge in [-0.05, 0) is 31.2 Å². The molecular weight excluding hydrogens is 258 g/mol. The fourth-order valence-corrected chi connectivity index (χ4v) is 2.61. The Hall–Kier alpha value is -1.31. The van der Waals surface area contributed by atoms with Gasteiger partial charge in [-0.25, -0.2) is 0 Å². The first-order valence-electron chi connectivity index (χ1n) is 8.53. The van der Waals surface area contributed by atoms with E-state index in [9.17, 15) is 4.79 Å². The minimum absolute atomic E-state index is 0.227. The summed E-state index contributed by atoms with van der Waals surface area (Å²) in [5, 5.41) is 0. The Labute approximate surface area is 130 Å². The molecule has 0 unspecified atom stereocenters. The van der Waals surface area contributed by atoms with E-state index in [0.29, 0.717) is 0 Å². The number of benzene rings is 1. The number of hydrogen-bond donors (Lipinski definition) is 0. The van der Waals surface area contributed by atoms with Crippen LogP contribution < -0.4 is 0 Å². The third-order valence-corrected chi connectivity index (χ3v) is 3.96. The van der Waals surface area contributed by atoms with Crippen LogP contribution in [0.4, 0.5) is 0 Å². The zero-order chi connectivity index (χ0) is 15.3. The Morgan fingerprint density at radius 3 is 2.14 bits per heavy atom. The molecule has 0 saturated carbocycles. The first-order valence-corrected chi connectivity index (χ1v) is 8.53. The molecule has 0 radical (unpaired) electrons. The zero-order valence-corrected chi connectivity index (χ0v) is 13.8. The second-order valence-electron chi connectivity index (χ2n) is 5.86. The van der Waals surface area contributed by atoms with Crippen LogP contribution in [0.25, 0.3) is 0 Å². The minimum Gasteiger partial charge on any atom is -0.343 e. The van der Waals surface area contributed by atoms with Crippen molar-refractivity contribution in [1.82, 2.24) is 4.90 Å². The van der Waals surface area contributed by atoms with Gasteiger partial charge in [0.2, 0.25) is 5.91 Å². The molecule has 0 fully saturated rings. The Morgan fingerprint density at radius 2 is 1.52 bits per heavy atom. The van der Waals surface area contributed by atoms with E-state index in [4.69, 9.17) is 0 Å². The van der Waals surface area contributed by atoms with Gasteiger partial charge in [-0.15, -0.1) is 0 Å². The van der Waals surface area contributed by atoms with Gasteiger partial charge < -0.3 is 4.90 Å². The lowest BCUT2D eigenvalue weighted by Gasteiger charge is -2.21. The summed E-state index contributed by atoms with van der Waals surface area (Å²) in [5.41, 5.74) is 1.39. The van der Waals surface area contributed by atoms with E-state index < -0.39 is 0 Å². The van der Waals surface area contributed by atoms with Gasteiger partial charge in [0, 0.05) is 20.0 Å². The summed E-state index contributed by atoms with van der Waals surface area (Å²) < 4.78 is 0. The highest BCUT2D eigenvalue weighted by Crippen LogP contribution is 2.08. The number of hydrogen-bond acceptors (Lipinski definition) is 1. The van der Waals surface area contributed by atoms with Gasteiger partial charge in [-0.3, -0.25) is 4.79 Å². The maximum absolute atomic E-state index is 11.7. The van der Waals surface area contributed by atoms with Gasteiger partial charge in [-0.1, -0.05) is 62.9 Å². The van der Waals surface area contributed by atoms with Crippen molar-refractivity contribution in [3.05, 3.63) is 35.9 Å². The summed E-state index contributed by atoms with van der Waals surface area (Å²) in [6.07, 6.45) is 9.67. The van der Waals surface area contributed by atoms with Crippen LogP contribution >= 0.6 is 0 Å². The molecule has 0 saturated heterocycles. The number of carbonyl (C=O) groups excluding carboxylic acids is 1. The average molecular weight is 289 g/mol. The third-order valence-electron chi connectivity index (χ3n) is 3.96. The van der Waals surface area contributed by atoms with Crippen LogP contribution in [-0.4, -0.2) is 23.9 Å². The molecule has 2 heteroatoms. The number of amides is 1.